The number of carbonyl (C=O) groups excluding carboxylic acids is 3. The van der Waals surface area contributed by atoms with Gasteiger partial charge in [-0.1, -0.05) is 0 Å². The van der Waals surface area contributed by atoms with Crippen molar-refractivity contribution in [2.24, 2.45) is 5.73 Å². The summed E-state index contributed by atoms with van der Waals surface area (Å²) in [5, 5.41) is 16.8. The molecule has 11 nitrogen and oxygen atoms in total. The van der Waals surface area contributed by atoms with Crippen LogP contribution < -0.4 is 21.7 Å². The lowest BCUT2D eigenvalue weighted by molar-refractivity contribution is -0.142. The van der Waals surface area contributed by atoms with E-state index in [9.17, 15) is 24.3 Å². The van der Waals surface area contributed by atoms with E-state index in [1.54, 1.807) is 6.20 Å². The average Bonchev–Trinajstić information content (AvgIpc) is 3.16. The van der Waals surface area contributed by atoms with Crippen LogP contribution in [0.1, 0.15) is 26.0 Å². The molecule has 0 aliphatic heterocycles. The minimum Gasteiger partial charge on any atom is -0.480 e. The van der Waals surface area contributed by atoms with Crippen molar-refractivity contribution in [2.45, 2.75) is 50.9 Å². The molecule has 0 unspecified atom stereocenters. The number of rotatable bonds is 12. The first-order valence-electron chi connectivity index (χ1n) is 9.01. The van der Waals surface area contributed by atoms with Crippen molar-refractivity contribution in [3.05, 3.63) is 18.2 Å². The number of aliphatic carboxylic acids is 1. The zero-order valence-corrected chi connectivity index (χ0v) is 17.4. The van der Waals surface area contributed by atoms with Gasteiger partial charge in [-0.15, -0.1) is 0 Å². The fourth-order valence-corrected chi connectivity index (χ4v) is 2.76. The van der Waals surface area contributed by atoms with Gasteiger partial charge in [0.15, 0.2) is 0 Å². The molecule has 1 aromatic rings. The molecule has 12 heteroatoms. The highest BCUT2D eigenvalue weighted by molar-refractivity contribution is 7.98. The summed E-state index contributed by atoms with van der Waals surface area (Å²) >= 11 is 1.46. The summed E-state index contributed by atoms with van der Waals surface area (Å²) < 4.78 is 0. The third-order valence-electron chi connectivity index (χ3n) is 3.99. The van der Waals surface area contributed by atoms with E-state index in [-0.39, 0.29) is 12.8 Å². The number of carboxylic acid groups (broad SMARTS) is 1. The van der Waals surface area contributed by atoms with Crippen molar-refractivity contribution in [3.63, 3.8) is 0 Å². The van der Waals surface area contributed by atoms with Gasteiger partial charge in [0.25, 0.3) is 0 Å². The van der Waals surface area contributed by atoms with E-state index in [1.165, 1.54) is 31.9 Å². The van der Waals surface area contributed by atoms with Gasteiger partial charge in [-0.2, -0.15) is 11.8 Å². The van der Waals surface area contributed by atoms with Crippen LogP contribution in [0, 0.1) is 0 Å². The quantitative estimate of drug-likeness (QED) is 0.235. The van der Waals surface area contributed by atoms with E-state index in [1.807, 2.05) is 6.26 Å². The Morgan fingerprint density at radius 3 is 2.31 bits per heavy atom. The predicted octanol–water partition coefficient (Wildman–Crippen LogP) is -1.39. The van der Waals surface area contributed by atoms with Crippen LogP contribution in [0.25, 0.3) is 0 Å². The Balaban J connectivity index is 2.86. The summed E-state index contributed by atoms with van der Waals surface area (Å²) in [4.78, 5) is 55.0. The molecular formula is C17H28N6O5S. The molecule has 4 atom stereocenters. The zero-order chi connectivity index (χ0) is 22.0. The molecule has 162 valence electrons. The molecule has 0 radical (unpaired) electrons. The third-order valence-corrected chi connectivity index (χ3v) is 4.64. The number of H-pyrrole nitrogens is 1. The van der Waals surface area contributed by atoms with Gasteiger partial charge < -0.3 is 31.8 Å². The highest BCUT2D eigenvalue weighted by Gasteiger charge is 2.29. The lowest BCUT2D eigenvalue weighted by Crippen LogP contribution is -2.56. The third kappa shape index (κ3) is 8.52. The summed E-state index contributed by atoms with van der Waals surface area (Å²) in [6, 6.07) is -3.88. The van der Waals surface area contributed by atoms with Gasteiger partial charge in [0.2, 0.25) is 17.7 Å². The van der Waals surface area contributed by atoms with E-state index in [0.29, 0.717) is 11.4 Å². The first kappa shape index (κ1) is 24.4. The summed E-state index contributed by atoms with van der Waals surface area (Å²) in [7, 11) is 0. The SMILES string of the molecule is CSCC[C@H](NC(=O)[C@H](Cc1c[nH]cn1)NC(=O)[C@H](C)NC(=O)[C@H](C)N)C(=O)O. The van der Waals surface area contributed by atoms with E-state index >= 15 is 0 Å². The predicted molar refractivity (Wildman–Crippen MR) is 108 cm³/mol. The Hall–Kier alpha value is -2.60. The van der Waals surface area contributed by atoms with Crippen LogP contribution in [0.15, 0.2) is 12.5 Å². The number of nitrogens with one attached hydrogen (secondary N) is 4. The Bertz CT molecular complexity index is 696. The zero-order valence-electron chi connectivity index (χ0n) is 16.6. The number of hydrogen-bond donors (Lipinski definition) is 6. The molecule has 7 N–H and O–H groups in total. The topological polar surface area (TPSA) is 179 Å². The van der Waals surface area contributed by atoms with E-state index < -0.39 is 47.9 Å². The minimum absolute atomic E-state index is 0.0455. The minimum atomic E-state index is -1.16. The van der Waals surface area contributed by atoms with Crippen LogP contribution >= 0.6 is 11.8 Å². The van der Waals surface area contributed by atoms with Gasteiger partial charge >= 0.3 is 5.97 Å². The second kappa shape index (κ2) is 12.1. The summed E-state index contributed by atoms with van der Waals surface area (Å²) in [6.07, 6.45) is 5.11. The van der Waals surface area contributed by atoms with E-state index in [2.05, 4.69) is 25.9 Å². The number of carbonyl (C=O) groups is 4. The fraction of sp³-hybridized carbons (Fsp3) is 0.588. The van der Waals surface area contributed by atoms with Crippen molar-refractivity contribution in [3.8, 4) is 0 Å². The van der Waals surface area contributed by atoms with Gasteiger partial charge in [0.1, 0.15) is 18.1 Å². The molecule has 0 saturated carbocycles. The molecule has 0 fully saturated rings. The maximum atomic E-state index is 12.7. The molecule has 0 aliphatic rings. The number of nitrogens with two attached hydrogens (primary N) is 1. The number of nitrogens with zero attached hydrogens (tertiary/aromatic N) is 1. The van der Waals surface area contributed by atoms with Crippen molar-refractivity contribution >= 4 is 35.5 Å². The van der Waals surface area contributed by atoms with Gasteiger partial charge in [0.05, 0.1) is 18.1 Å². The van der Waals surface area contributed by atoms with Crippen molar-refractivity contribution in [1.82, 2.24) is 25.9 Å². The Kier molecular flexibility index (Phi) is 10.2. The van der Waals surface area contributed by atoms with Crippen molar-refractivity contribution < 1.29 is 24.3 Å². The summed E-state index contributed by atoms with van der Waals surface area (Å²) in [6.45, 7) is 2.94. The number of aromatic amines is 1. The maximum absolute atomic E-state index is 12.7. The second-order valence-electron chi connectivity index (χ2n) is 6.53. The number of carboxylic acids is 1. The second-order valence-corrected chi connectivity index (χ2v) is 7.51. The largest absolute Gasteiger partial charge is 0.480 e. The number of aromatic nitrogens is 2. The Morgan fingerprint density at radius 2 is 1.79 bits per heavy atom. The van der Waals surface area contributed by atoms with Gasteiger partial charge in [-0.05, 0) is 32.3 Å². The first-order valence-corrected chi connectivity index (χ1v) is 10.4. The van der Waals surface area contributed by atoms with E-state index in [0.717, 1.165) is 0 Å². The monoisotopic (exact) mass is 428 g/mol. The molecule has 1 rings (SSSR count). The standard InChI is InChI=1S/C17H28N6O5S/c1-9(18)14(24)21-10(2)15(25)23-13(6-11-7-19-8-20-11)16(26)22-12(17(27)28)4-5-29-3/h7-10,12-13H,4-6,18H2,1-3H3,(H,19,20)(H,21,24)(H,22,26)(H,23,25)(H,27,28)/t9-,10-,12-,13-/m0/s1. The smallest absolute Gasteiger partial charge is 0.326 e. The van der Waals surface area contributed by atoms with Gasteiger partial charge in [0, 0.05) is 12.6 Å². The molecular weight excluding hydrogens is 400 g/mol. The average molecular weight is 429 g/mol. The van der Waals surface area contributed by atoms with Gasteiger partial charge in [-0.3, -0.25) is 14.4 Å². The maximum Gasteiger partial charge on any atom is 0.326 e. The molecule has 1 heterocycles. The molecule has 0 aromatic carbocycles. The molecule has 1 aromatic heterocycles. The Morgan fingerprint density at radius 1 is 1.14 bits per heavy atom. The summed E-state index contributed by atoms with van der Waals surface area (Å²) in [5.41, 5.74) is 5.98. The van der Waals surface area contributed by atoms with Crippen LogP contribution in [0.5, 0.6) is 0 Å². The highest BCUT2D eigenvalue weighted by Crippen LogP contribution is 2.04. The number of thioether (sulfide) groups is 1. The lowest BCUT2D eigenvalue weighted by Gasteiger charge is -2.23. The number of amides is 3. The summed E-state index contributed by atoms with van der Waals surface area (Å²) in [5.74, 6) is -2.38. The Labute approximate surface area is 173 Å². The molecule has 29 heavy (non-hydrogen) atoms. The van der Waals surface area contributed by atoms with Crippen LogP contribution in [-0.4, -0.2) is 74.9 Å². The number of hydrogen-bond acceptors (Lipinski definition) is 7. The van der Waals surface area contributed by atoms with Crippen molar-refractivity contribution in [1.29, 1.82) is 0 Å². The van der Waals surface area contributed by atoms with Gasteiger partial charge in [-0.25, -0.2) is 9.78 Å². The van der Waals surface area contributed by atoms with E-state index in [4.69, 9.17) is 5.73 Å². The number of imidazole rings is 1. The first-order chi connectivity index (χ1) is 13.6. The molecule has 0 spiro atoms. The molecule has 0 bridgehead atoms. The van der Waals surface area contributed by atoms with Crippen LogP contribution in [0.3, 0.4) is 0 Å². The fourth-order valence-electron chi connectivity index (χ4n) is 2.29. The molecule has 3 amide bonds. The lowest BCUT2D eigenvalue weighted by atomic mass is 10.1. The molecule has 0 aliphatic carbocycles. The van der Waals surface area contributed by atoms with Crippen LogP contribution in [0.4, 0.5) is 0 Å². The van der Waals surface area contributed by atoms with Crippen LogP contribution in [-0.2, 0) is 25.6 Å². The normalized spacial score (nSPS) is 14.9. The highest BCUT2D eigenvalue weighted by atomic mass is 32.2. The van der Waals surface area contributed by atoms with Crippen molar-refractivity contribution in [2.75, 3.05) is 12.0 Å². The van der Waals surface area contributed by atoms with Crippen LogP contribution in [0.2, 0.25) is 0 Å². The molecule has 0 saturated heterocycles.